The molecule has 0 saturated heterocycles. The van der Waals surface area contributed by atoms with Crippen LogP contribution in [0.25, 0.3) is 0 Å². The molecule has 5 heteroatoms. The van der Waals surface area contributed by atoms with Crippen LogP contribution in [0.5, 0.6) is 0 Å². The zero-order valence-corrected chi connectivity index (χ0v) is 11.4. The highest BCUT2D eigenvalue weighted by atomic mass is 16.5. The van der Waals surface area contributed by atoms with Crippen LogP contribution in [0.2, 0.25) is 0 Å². The van der Waals surface area contributed by atoms with E-state index in [1.54, 1.807) is 14.0 Å². The quantitative estimate of drug-likeness (QED) is 0.727. The highest BCUT2D eigenvalue weighted by molar-refractivity contribution is 5.90. The Morgan fingerprint density at radius 3 is 2.61 bits per heavy atom. The van der Waals surface area contributed by atoms with Crippen LogP contribution in [0.1, 0.15) is 55.2 Å². The molecular weight excluding hydrogens is 232 g/mol. The van der Waals surface area contributed by atoms with Gasteiger partial charge in [0, 0.05) is 13.3 Å². The zero-order valence-electron chi connectivity index (χ0n) is 11.4. The van der Waals surface area contributed by atoms with Crippen molar-refractivity contribution in [1.29, 1.82) is 0 Å². The van der Waals surface area contributed by atoms with E-state index in [1.165, 1.54) is 6.20 Å². The first-order chi connectivity index (χ1) is 8.67. The molecule has 0 fully saturated rings. The third-order valence-corrected chi connectivity index (χ3v) is 2.66. The molecule has 1 heterocycles. The molecule has 5 nitrogen and oxygen atoms in total. The molecule has 0 amide bonds. The second-order valence-electron chi connectivity index (χ2n) is 3.80. The minimum Gasteiger partial charge on any atom is -0.462 e. The lowest BCUT2D eigenvalue weighted by Gasteiger charge is -2.13. The molecule has 0 radical (unpaired) electrons. The molecule has 0 aromatic carbocycles. The Balaban J connectivity index is 3.06. The molecule has 1 aromatic rings. The lowest BCUT2D eigenvalue weighted by atomic mass is 10.1. The third-order valence-electron chi connectivity index (χ3n) is 2.66. The van der Waals surface area contributed by atoms with Gasteiger partial charge in [0.15, 0.2) is 5.82 Å². The maximum Gasteiger partial charge on any atom is 0.341 e. The van der Waals surface area contributed by atoms with E-state index in [-0.39, 0.29) is 12.1 Å². The number of hydrogen-bond donors (Lipinski definition) is 0. The Kier molecular flexibility index (Phi) is 5.71. The molecule has 18 heavy (non-hydrogen) atoms. The fraction of sp³-hybridized carbons (Fsp3) is 0.615. The topological polar surface area (TPSA) is 61.3 Å². The molecule has 0 aliphatic carbocycles. The largest absolute Gasteiger partial charge is 0.462 e. The van der Waals surface area contributed by atoms with Gasteiger partial charge in [0.25, 0.3) is 0 Å². The van der Waals surface area contributed by atoms with Crippen LogP contribution in [0.15, 0.2) is 6.20 Å². The third kappa shape index (κ3) is 3.26. The van der Waals surface area contributed by atoms with Gasteiger partial charge in [0.2, 0.25) is 0 Å². The van der Waals surface area contributed by atoms with Gasteiger partial charge < -0.3 is 9.47 Å². The fourth-order valence-electron chi connectivity index (χ4n) is 1.69. The first-order valence-electron chi connectivity index (χ1n) is 6.23. The number of esters is 1. The van der Waals surface area contributed by atoms with Crippen LogP contribution >= 0.6 is 0 Å². The second kappa shape index (κ2) is 7.06. The summed E-state index contributed by atoms with van der Waals surface area (Å²) in [5, 5.41) is 0. The number of carbonyl (C=O) groups is 1. The summed E-state index contributed by atoms with van der Waals surface area (Å²) in [5.74, 6) is 0.247. The van der Waals surface area contributed by atoms with Crippen molar-refractivity contribution in [2.75, 3.05) is 13.7 Å². The van der Waals surface area contributed by atoms with Crippen LogP contribution in [-0.4, -0.2) is 29.7 Å². The summed E-state index contributed by atoms with van der Waals surface area (Å²) >= 11 is 0. The van der Waals surface area contributed by atoms with Crippen molar-refractivity contribution in [3.8, 4) is 0 Å². The normalized spacial score (nSPS) is 12.2. The van der Waals surface area contributed by atoms with Gasteiger partial charge in [-0.25, -0.2) is 14.8 Å². The van der Waals surface area contributed by atoms with E-state index in [0.717, 1.165) is 6.42 Å². The van der Waals surface area contributed by atoms with Crippen molar-refractivity contribution < 1.29 is 14.3 Å². The van der Waals surface area contributed by atoms with E-state index < -0.39 is 0 Å². The molecule has 1 atom stereocenters. The summed E-state index contributed by atoms with van der Waals surface area (Å²) in [6.45, 7) is 6.07. The fourth-order valence-corrected chi connectivity index (χ4v) is 1.69. The molecule has 0 saturated carbocycles. The van der Waals surface area contributed by atoms with Crippen molar-refractivity contribution in [2.45, 2.75) is 39.7 Å². The minimum absolute atomic E-state index is 0.133. The van der Waals surface area contributed by atoms with Crippen LogP contribution < -0.4 is 0 Å². The van der Waals surface area contributed by atoms with Gasteiger partial charge in [-0.3, -0.25) is 0 Å². The Labute approximate surface area is 108 Å². The Bertz CT molecular complexity index is 403. The van der Waals surface area contributed by atoms with Gasteiger partial charge in [-0.15, -0.1) is 0 Å². The summed E-state index contributed by atoms with van der Waals surface area (Å²) in [5.41, 5.74) is 1.14. The molecule has 0 spiro atoms. The van der Waals surface area contributed by atoms with Crippen LogP contribution in [0.3, 0.4) is 0 Å². The highest BCUT2D eigenvalue weighted by Crippen LogP contribution is 2.18. The number of nitrogens with zero attached hydrogens (tertiary/aromatic N) is 2. The standard InChI is InChI=1S/C13H20N2O3/c1-5-10-9(13(16)18-7-3)8-14-12(15-10)11(6-2)17-4/h8,11H,5-7H2,1-4H3. The average molecular weight is 252 g/mol. The molecule has 0 aliphatic heterocycles. The van der Waals surface area contributed by atoms with E-state index in [9.17, 15) is 4.79 Å². The molecular formula is C13H20N2O3. The molecule has 0 aliphatic rings. The van der Waals surface area contributed by atoms with Crippen molar-refractivity contribution >= 4 is 5.97 Å². The monoisotopic (exact) mass is 252 g/mol. The van der Waals surface area contributed by atoms with Crippen LogP contribution in [0, 0.1) is 0 Å². The van der Waals surface area contributed by atoms with Crippen molar-refractivity contribution in [3.63, 3.8) is 0 Å². The number of methoxy groups -OCH3 is 1. The first-order valence-corrected chi connectivity index (χ1v) is 6.23. The van der Waals surface area contributed by atoms with E-state index >= 15 is 0 Å². The predicted molar refractivity (Wildman–Crippen MR) is 67.4 cm³/mol. The predicted octanol–water partition coefficient (Wildman–Crippen LogP) is 2.31. The van der Waals surface area contributed by atoms with Crippen LogP contribution in [-0.2, 0) is 15.9 Å². The Morgan fingerprint density at radius 2 is 2.11 bits per heavy atom. The van der Waals surface area contributed by atoms with Crippen molar-refractivity contribution in [1.82, 2.24) is 9.97 Å². The van der Waals surface area contributed by atoms with Crippen molar-refractivity contribution in [2.24, 2.45) is 0 Å². The Hall–Kier alpha value is -1.49. The first kappa shape index (κ1) is 14.6. The lowest BCUT2D eigenvalue weighted by Crippen LogP contribution is -2.14. The molecule has 1 aromatic heterocycles. The highest BCUT2D eigenvalue weighted by Gasteiger charge is 2.18. The smallest absolute Gasteiger partial charge is 0.341 e. The number of carbonyl (C=O) groups excluding carboxylic acids is 1. The summed E-state index contributed by atoms with van der Waals surface area (Å²) in [6, 6.07) is 0. The molecule has 100 valence electrons. The van der Waals surface area contributed by atoms with Crippen LogP contribution in [0.4, 0.5) is 0 Å². The number of aromatic nitrogens is 2. The average Bonchev–Trinajstić information content (AvgIpc) is 2.40. The maximum atomic E-state index is 11.7. The Morgan fingerprint density at radius 1 is 1.39 bits per heavy atom. The van der Waals surface area contributed by atoms with Gasteiger partial charge in [0.05, 0.1) is 17.9 Å². The lowest BCUT2D eigenvalue weighted by molar-refractivity contribution is 0.0522. The number of aryl methyl sites for hydroxylation is 1. The molecule has 0 bridgehead atoms. The molecule has 1 unspecified atom stereocenters. The second-order valence-corrected chi connectivity index (χ2v) is 3.80. The van der Waals surface area contributed by atoms with E-state index in [2.05, 4.69) is 9.97 Å². The number of hydrogen-bond acceptors (Lipinski definition) is 5. The maximum absolute atomic E-state index is 11.7. The van der Waals surface area contributed by atoms with Gasteiger partial charge in [-0.1, -0.05) is 13.8 Å². The minimum atomic E-state index is -0.369. The summed E-state index contributed by atoms with van der Waals surface area (Å²) in [7, 11) is 1.63. The SMILES string of the molecule is CCOC(=O)c1cnc(C(CC)OC)nc1CC. The summed E-state index contributed by atoms with van der Waals surface area (Å²) in [6.07, 6.45) is 2.84. The van der Waals surface area contributed by atoms with Gasteiger partial charge >= 0.3 is 5.97 Å². The summed E-state index contributed by atoms with van der Waals surface area (Å²) < 4.78 is 10.3. The summed E-state index contributed by atoms with van der Waals surface area (Å²) in [4.78, 5) is 20.3. The van der Waals surface area contributed by atoms with Gasteiger partial charge in [-0.05, 0) is 19.8 Å². The number of ether oxygens (including phenoxy) is 2. The van der Waals surface area contributed by atoms with Crippen molar-refractivity contribution in [3.05, 3.63) is 23.3 Å². The van der Waals surface area contributed by atoms with E-state index in [4.69, 9.17) is 9.47 Å². The zero-order chi connectivity index (χ0) is 13.5. The van der Waals surface area contributed by atoms with E-state index in [0.29, 0.717) is 30.1 Å². The number of rotatable bonds is 6. The van der Waals surface area contributed by atoms with E-state index in [1.807, 2.05) is 13.8 Å². The molecule has 0 N–H and O–H groups in total. The van der Waals surface area contributed by atoms with Gasteiger partial charge in [0.1, 0.15) is 6.10 Å². The van der Waals surface area contributed by atoms with Gasteiger partial charge in [-0.2, -0.15) is 0 Å². The molecule has 1 rings (SSSR count).